The van der Waals surface area contributed by atoms with E-state index in [9.17, 15) is 4.79 Å². The second-order valence-electron chi connectivity index (χ2n) is 2.12. The molecule has 0 aliphatic rings. The van der Waals surface area contributed by atoms with Crippen molar-refractivity contribution in [2.75, 3.05) is 20.8 Å². The van der Waals surface area contributed by atoms with Gasteiger partial charge in [-0.15, -0.1) is 0 Å². The topological polar surface area (TPSA) is 65.0 Å². The van der Waals surface area contributed by atoms with E-state index in [0.29, 0.717) is 6.61 Å². The number of carbonyl (C=O) groups is 1. The standard InChI is InChI=1S/C7H14O5Si/c1-4-12-13(10-2,11-3)6-5-7(8)9/h5-6H,4H2,1-3H3,(H,8,9). The molecule has 1 N–H and O–H groups in total. The fourth-order valence-corrected chi connectivity index (χ4v) is 2.28. The van der Waals surface area contributed by atoms with Crippen LogP contribution < -0.4 is 0 Å². The molecule has 0 heterocycles. The van der Waals surface area contributed by atoms with Crippen molar-refractivity contribution in [1.29, 1.82) is 0 Å². The summed E-state index contributed by atoms with van der Waals surface area (Å²) >= 11 is 0. The van der Waals surface area contributed by atoms with Crippen molar-refractivity contribution in [2.24, 2.45) is 0 Å². The van der Waals surface area contributed by atoms with Gasteiger partial charge in [-0.05, 0) is 12.6 Å². The molecule has 0 aromatic heterocycles. The predicted octanol–water partition coefficient (Wildman–Crippen LogP) is 0.435. The highest BCUT2D eigenvalue weighted by molar-refractivity contribution is 6.66. The normalized spacial score (nSPS) is 12.2. The second kappa shape index (κ2) is 5.87. The van der Waals surface area contributed by atoms with Crippen LogP contribution in [0.3, 0.4) is 0 Å². The van der Waals surface area contributed by atoms with Crippen molar-refractivity contribution in [1.82, 2.24) is 0 Å². The Labute approximate surface area is 78.3 Å². The van der Waals surface area contributed by atoms with Gasteiger partial charge in [0.25, 0.3) is 0 Å². The molecular weight excluding hydrogens is 192 g/mol. The second-order valence-corrected chi connectivity index (χ2v) is 4.76. The largest absolute Gasteiger partial charge is 0.529 e. The molecule has 0 rings (SSSR count). The first-order valence-electron chi connectivity index (χ1n) is 3.76. The summed E-state index contributed by atoms with van der Waals surface area (Å²) in [6.45, 7) is 2.20. The Morgan fingerprint density at radius 3 is 2.31 bits per heavy atom. The molecule has 0 bridgehead atoms. The van der Waals surface area contributed by atoms with Crippen LogP contribution in [0.1, 0.15) is 6.92 Å². The maximum Gasteiger partial charge on any atom is 0.529 e. The molecule has 0 aromatic rings. The minimum absolute atomic E-state index is 0.415. The monoisotopic (exact) mass is 206 g/mol. The van der Waals surface area contributed by atoms with Gasteiger partial charge in [0.2, 0.25) is 0 Å². The molecule has 0 unspecified atom stereocenters. The van der Waals surface area contributed by atoms with E-state index in [0.717, 1.165) is 6.08 Å². The highest BCUT2D eigenvalue weighted by atomic mass is 28.4. The lowest BCUT2D eigenvalue weighted by atomic mass is 10.7. The SMILES string of the molecule is CCO[Si](C=CC(=O)O)(OC)OC. The average Bonchev–Trinajstić information content (AvgIpc) is 2.12. The van der Waals surface area contributed by atoms with Gasteiger partial charge in [0.1, 0.15) is 0 Å². The van der Waals surface area contributed by atoms with E-state index in [4.69, 9.17) is 18.4 Å². The third kappa shape index (κ3) is 4.18. The maximum absolute atomic E-state index is 10.3. The van der Waals surface area contributed by atoms with Crippen molar-refractivity contribution in [3.63, 3.8) is 0 Å². The Kier molecular flexibility index (Phi) is 5.56. The van der Waals surface area contributed by atoms with Gasteiger partial charge in [-0.1, -0.05) is 0 Å². The van der Waals surface area contributed by atoms with Crippen molar-refractivity contribution in [3.05, 3.63) is 11.8 Å². The fraction of sp³-hybridized carbons (Fsp3) is 0.571. The number of carboxylic acids is 1. The minimum atomic E-state index is -2.87. The van der Waals surface area contributed by atoms with Crippen molar-refractivity contribution in [3.8, 4) is 0 Å². The molecule has 5 nitrogen and oxygen atoms in total. The smallest absolute Gasteiger partial charge is 0.478 e. The van der Waals surface area contributed by atoms with Crippen molar-refractivity contribution in [2.45, 2.75) is 6.92 Å². The predicted molar refractivity (Wildman–Crippen MR) is 48.2 cm³/mol. The van der Waals surface area contributed by atoms with Gasteiger partial charge in [-0.3, -0.25) is 0 Å². The van der Waals surface area contributed by atoms with Crippen LogP contribution in [0.4, 0.5) is 0 Å². The maximum atomic E-state index is 10.3. The van der Waals surface area contributed by atoms with Crippen LogP contribution in [-0.2, 0) is 18.1 Å². The van der Waals surface area contributed by atoms with Gasteiger partial charge in [0.15, 0.2) is 0 Å². The van der Waals surface area contributed by atoms with E-state index >= 15 is 0 Å². The molecule has 0 aromatic carbocycles. The molecule has 0 fully saturated rings. The molecule has 0 atom stereocenters. The van der Waals surface area contributed by atoms with Crippen LogP contribution in [0.15, 0.2) is 11.8 Å². The summed E-state index contributed by atoms with van der Waals surface area (Å²) in [6, 6.07) is 0. The van der Waals surface area contributed by atoms with E-state index in [2.05, 4.69) is 0 Å². The Morgan fingerprint density at radius 1 is 1.46 bits per heavy atom. The highest BCUT2D eigenvalue weighted by Crippen LogP contribution is 2.08. The number of hydrogen-bond acceptors (Lipinski definition) is 4. The summed E-state index contributed by atoms with van der Waals surface area (Å²) in [7, 11) is -0.0113. The molecule has 0 saturated heterocycles. The van der Waals surface area contributed by atoms with Crippen LogP contribution in [-0.4, -0.2) is 40.7 Å². The molecule has 6 heteroatoms. The van der Waals surface area contributed by atoms with Gasteiger partial charge in [0, 0.05) is 26.9 Å². The number of aliphatic carboxylic acids is 1. The van der Waals surface area contributed by atoms with Gasteiger partial charge < -0.3 is 18.4 Å². The summed E-state index contributed by atoms with van der Waals surface area (Å²) in [4.78, 5) is 10.3. The molecule has 0 saturated carbocycles. The van der Waals surface area contributed by atoms with Crippen molar-refractivity contribution >= 4 is 14.8 Å². The molecule has 0 radical (unpaired) electrons. The molecule has 13 heavy (non-hydrogen) atoms. The zero-order chi connectivity index (χ0) is 10.3. The molecule has 0 aliphatic heterocycles. The fourth-order valence-electron chi connectivity index (χ4n) is 0.760. The Morgan fingerprint density at radius 2 is 2.00 bits per heavy atom. The molecule has 0 aliphatic carbocycles. The Hall–Kier alpha value is -0.693. The Balaban J connectivity index is 4.46. The molecule has 76 valence electrons. The quantitative estimate of drug-likeness (QED) is 0.504. The minimum Gasteiger partial charge on any atom is -0.478 e. The lowest BCUT2D eigenvalue weighted by molar-refractivity contribution is -0.131. The van der Waals surface area contributed by atoms with E-state index in [1.54, 1.807) is 6.92 Å². The lowest BCUT2D eigenvalue weighted by Crippen LogP contribution is -2.42. The van der Waals surface area contributed by atoms with Crippen molar-refractivity contribution < 1.29 is 23.2 Å². The first kappa shape index (κ1) is 12.3. The zero-order valence-corrected chi connectivity index (χ0v) is 8.94. The summed E-state index contributed by atoms with van der Waals surface area (Å²) in [5.74, 6) is -1.05. The number of hydrogen-bond donors (Lipinski definition) is 1. The van der Waals surface area contributed by atoms with E-state index in [1.807, 2.05) is 0 Å². The number of carboxylic acid groups (broad SMARTS) is 1. The third-order valence-electron chi connectivity index (χ3n) is 1.34. The first-order chi connectivity index (χ1) is 6.10. The van der Waals surface area contributed by atoms with Crippen LogP contribution in [0, 0.1) is 0 Å². The van der Waals surface area contributed by atoms with Gasteiger partial charge in [0.05, 0.1) is 0 Å². The van der Waals surface area contributed by atoms with Gasteiger partial charge >= 0.3 is 14.8 Å². The van der Waals surface area contributed by atoms with Crippen LogP contribution in [0.25, 0.3) is 0 Å². The van der Waals surface area contributed by atoms with Gasteiger partial charge in [-0.2, -0.15) is 0 Å². The summed E-state index contributed by atoms with van der Waals surface area (Å²) in [5, 5.41) is 8.40. The van der Waals surface area contributed by atoms with Gasteiger partial charge in [-0.25, -0.2) is 4.79 Å². The third-order valence-corrected chi connectivity index (χ3v) is 3.75. The average molecular weight is 206 g/mol. The van der Waals surface area contributed by atoms with Crippen LogP contribution in [0.2, 0.25) is 0 Å². The zero-order valence-electron chi connectivity index (χ0n) is 7.94. The summed E-state index contributed by atoms with van der Waals surface area (Å²) < 4.78 is 15.3. The molecule has 0 amide bonds. The van der Waals surface area contributed by atoms with Crippen LogP contribution in [0.5, 0.6) is 0 Å². The first-order valence-corrected chi connectivity index (χ1v) is 5.57. The summed E-state index contributed by atoms with van der Waals surface area (Å²) in [5.41, 5.74) is 1.33. The van der Waals surface area contributed by atoms with E-state index in [1.165, 1.54) is 19.9 Å². The Bertz CT molecular complexity index is 187. The summed E-state index contributed by atoms with van der Waals surface area (Å²) in [6.07, 6.45) is 0.967. The number of rotatable bonds is 6. The highest BCUT2D eigenvalue weighted by Gasteiger charge is 2.35. The molecular formula is C7H14O5Si. The van der Waals surface area contributed by atoms with E-state index in [-0.39, 0.29) is 0 Å². The van der Waals surface area contributed by atoms with E-state index < -0.39 is 14.8 Å². The molecule has 0 spiro atoms. The lowest BCUT2D eigenvalue weighted by Gasteiger charge is -2.21. The van der Waals surface area contributed by atoms with Crippen LogP contribution >= 0.6 is 0 Å².